The van der Waals surface area contributed by atoms with Gasteiger partial charge in [0.15, 0.2) is 0 Å². The Morgan fingerprint density at radius 2 is 2.09 bits per heavy atom. The van der Waals surface area contributed by atoms with Crippen LogP contribution in [-0.2, 0) is 6.42 Å². The highest BCUT2D eigenvalue weighted by atomic mass is 35.5. The smallest absolute Gasteiger partial charge is 0.251 e. The van der Waals surface area contributed by atoms with Crippen molar-refractivity contribution in [1.29, 1.82) is 0 Å². The fourth-order valence-corrected chi connectivity index (χ4v) is 2.99. The first-order chi connectivity index (χ1) is 10.6. The molecule has 3 nitrogen and oxygen atoms in total. The number of carbonyl (C=O) groups is 1. The van der Waals surface area contributed by atoms with Crippen LogP contribution in [0.15, 0.2) is 42.5 Å². The van der Waals surface area contributed by atoms with Crippen LogP contribution in [-0.4, -0.2) is 19.0 Å². The molecule has 0 aromatic heterocycles. The van der Waals surface area contributed by atoms with Gasteiger partial charge in [-0.1, -0.05) is 41.9 Å². The predicted molar refractivity (Wildman–Crippen MR) is 96.7 cm³/mol. The first kappa shape index (κ1) is 17.8. The van der Waals surface area contributed by atoms with Gasteiger partial charge >= 0.3 is 0 Å². The van der Waals surface area contributed by atoms with Crippen molar-refractivity contribution in [3.05, 3.63) is 69.7 Å². The number of amides is 1. The number of nitrogens with one attached hydrogen (secondary N) is 2. The van der Waals surface area contributed by atoms with Crippen molar-refractivity contribution in [2.75, 3.05) is 13.1 Å². The second-order valence-electron chi connectivity index (χ2n) is 5.63. The number of carbonyl (C=O) groups excluding carboxylic acids is 1. The third kappa shape index (κ3) is 4.05. The summed E-state index contributed by atoms with van der Waals surface area (Å²) in [7, 11) is 0. The third-order valence-electron chi connectivity index (χ3n) is 4.12. The van der Waals surface area contributed by atoms with Crippen LogP contribution in [0.1, 0.15) is 33.1 Å². The van der Waals surface area contributed by atoms with Crippen molar-refractivity contribution in [2.45, 2.75) is 19.4 Å². The van der Waals surface area contributed by atoms with Crippen LogP contribution >= 0.6 is 24.0 Å². The van der Waals surface area contributed by atoms with E-state index < -0.39 is 0 Å². The Balaban J connectivity index is 0.00000192. The highest BCUT2D eigenvalue weighted by molar-refractivity contribution is 6.31. The fourth-order valence-electron chi connectivity index (χ4n) is 2.81. The Kier molecular flexibility index (Phi) is 6.05. The Hall–Kier alpha value is -1.55. The van der Waals surface area contributed by atoms with E-state index in [-0.39, 0.29) is 24.4 Å². The van der Waals surface area contributed by atoms with E-state index in [9.17, 15) is 4.79 Å². The number of fused-ring (bicyclic) bond motifs is 1. The van der Waals surface area contributed by atoms with E-state index in [1.54, 1.807) is 12.1 Å². The predicted octanol–water partition coefficient (Wildman–Crippen LogP) is 3.69. The summed E-state index contributed by atoms with van der Waals surface area (Å²) >= 11 is 6.08. The zero-order valence-electron chi connectivity index (χ0n) is 12.9. The lowest BCUT2D eigenvalue weighted by atomic mass is 9.94. The molecule has 0 fully saturated rings. The summed E-state index contributed by atoms with van der Waals surface area (Å²) in [6, 6.07) is 13.9. The van der Waals surface area contributed by atoms with Crippen LogP contribution in [0.5, 0.6) is 0 Å². The quantitative estimate of drug-likeness (QED) is 0.886. The van der Waals surface area contributed by atoms with Gasteiger partial charge in [0.2, 0.25) is 0 Å². The van der Waals surface area contributed by atoms with Crippen LogP contribution in [0.3, 0.4) is 0 Å². The molecule has 1 amide bonds. The number of halogens is 2. The number of aryl methyl sites for hydroxylation is 1. The summed E-state index contributed by atoms with van der Waals surface area (Å²) in [5, 5.41) is 7.08. The van der Waals surface area contributed by atoms with Crippen molar-refractivity contribution in [2.24, 2.45) is 0 Å². The Bertz CT molecular complexity index is 703. The summed E-state index contributed by atoms with van der Waals surface area (Å²) in [5.41, 5.74) is 4.20. The van der Waals surface area contributed by atoms with Gasteiger partial charge in [-0.2, -0.15) is 0 Å². The summed E-state index contributed by atoms with van der Waals surface area (Å²) in [6.45, 7) is 3.43. The molecule has 1 aliphatic heterocycles. The van der Waals surface area contributed by atoms with Gasteiger partial charge in [-0.15, -0.1) is 12.4 Å². The molecule has 1 aliphatic rings. The Morgan fingerprint density at radius 1 is 1.30 bits per heavy atom. The molecule has 0 saturated carbocycles. The maximum Gasteiger partial charge on any atom is 0.251 e. The number of hydrogen-bond donors (Lipinski definition) is 2. The lowest BCUT2D eigenvalue weighted by molar-refractivity contribution is 0.0949. The van der Waals surface area contributed by atoms with Crippen LogP contribution in [0.25, 0.3) is 0 Å². The topological polar surface area (TPSA) is 41.1 Å². The van der Waals surface area contributed by atoms with Crippen molar-refractivity contribution < 1.29 is 4.79 Å². The molecule has 2 aromatic rings. The molecule has 0 aliphatic carbocycles. The van der Waals surface area contributed by atoms with E-state index in [1.165, 1.54) is 11.1 Å². The van der Waals surface area contributed by atoms with Crippen molar-refractivity contribution in [3.63, 3.8) is 0 Å². The van der Waals surface area contributed by atoms with Crippen LogP contribution in [0.4, 0.5) is 0 Å². The fraction of sp³-hybridized carbons (Fsp3) is 0.278. The second kappa shape index (κ2) is 7.82. The van der Waals surface area contributed by atoms with Gasteiger partial charge in [0.25, 0.3) is 5.91 Å². The van der Waals surface area contributed by atoms with Crippen LogP contribution in [0, 0.1) is 6.92 Å². The lowest BCUT2D eigenvalue weighted by Crippen LogP contribution is -2.38. The molecule has 1 heterocycles. The minimum absolute atomic E-state index is 0. The molecule has 122 valence electrons. The van der Waals surface area contributed by atoms with Crippen molar-refractivity contribution in [1.82, 2.24) is 10.6 Å². The molecule has 3 rings (SSSR count). The number of benzene rings is 2. The molecular weight excluding hydrogens is 331 g/mol. The first-order valence-corrected chi connectivity index (χ1v) is 7.88. The molecule has 5 heteroatoms. The summed E-state index contributed by atoms with van der Waals surface area (Å²) in [4.78, 5) is 12.3. The largest absolute Gasteiger partial charge is 0.350 e. The van der Waals surface area contributed by atoms with Gasteiger partial charge < -0.3 is 10.6 Å². The van der Waals surface area contributed by atoms with Crippen LogP contribution in [0.2, 0.25) is 5.02 Å². The minimum atomic E-state index is -0.0910. The zero-order chi connectivity index (χ0) is 15.5. The number of hydrogen-bond acceptors (Lipinski definition) is 2. The normalized spacial score (nSPS) is 16.2. The van der Waals surface area contributed by atoms with E-state index in [0.29, 0.717) is 17.1 Å². The monoisotopic (exact) mass is 350 g/mol. The molecule has 2 N–H and O–H groups in total. The molecular formula is C18H20Cl2N2O. The number of rotatable bonds is 3. The summed E-state index contributed by atoms with van der Waals surface area (Å²) < 4.78 is 0. The van der Waals surface area contributed by atoms with Gasteiger partial charge in [0, 0.05) is 23.2 Å². The summed E-state index contributed by atoms with van der Waals surface area (Å²) in [6.07, 6.45) is 1.04. The van der Waals surface area contributed by atoms with Crippen molar-refractivity contribution in [3.8, 4) is 0 Å². The highest BCUT2D eigenvalue weighted by Gasteiger charge is 2.19. The molecule has 0 saturated heterocycles. The standard InChI is InChI=1S/C18H19ClN2O.ClH/c1-12-6-7-14(10-16(12)19)18(22)21-11-17-15-5-3-2-4-13(15)8-9-20-17;/h2-7,10,17,20H,8-9,11H2,1H3,(H,21,22);1H. The third-order valence-corrected chi connectivity index (χ3v) is 4.52. The minimum Gasteiger partial charge on any atom is -0.350 e. The van der Waals surface area contributed by atoms with E-state index in [0.717, 1.165) is 18.5 Å². The van der Waals surface area contributed by atoms with Gasteiger partial charge in [-0.3, -0.25) is 4.79 Å². The van der Waals surface area contributed by atoms with E-state index in [2.05, 4.69) is 28.8 Å². The van der Waals surface area contributed by atoms with E-state index in [4.69, 9.17) is 11.6 Å². The maximum atomic E-state index is 12.3. The first-order valence-electron chi connectivity index (χ1n) is 7.50. The molecule has 23 heavy (non-hydrogen) atoms. The molecule has 1 atom stereocenters. The Labute approximate surface area is 147 Å². The van der Waals surface area contributed by atoms with Crippen LogP contribution < -0.4 is 10.6 Å². The maximum absolute atomic E-state index is 12.3. The SMILES string of the molecule is Cc1ccc(C(=O)NCC2NCCc3ccccc32)cc1Cl.Cl. The zero-order valence-corrected chi connectivity index (χ0v) is 14.5. The second-order valence-corrected chi connectivity index (χ2v) is 6.04. The van der Waals surface area contributed by atoms with Gasteiger partial charge in [0.05, 0.1) is 0 Å². The van der Waals surface area contributed by atoms with Gasteiger partial charge in [-0.05, 0) is 48.7 Å². The van der Waals surface area contributed by atoms with Gasteiger partial charge in [0.1, 0.15) is 0 Å². The molecule has 2 aromatic carbocycles. The molecule has 1 unspecified atom stereocenters. The lowest BCUT2D eigenvalue weighted by Gasteiger charge is -2.27. The van der Waals surface area contributed by atoms with E-state index >= 15 is 0 Å². The summed E-state index contributed by atoms with van der Waals surface area (Å²) in [5.74, 6) is -0.0910. The highest BCUT2D eigenvalue weighted by Crippen LogP contribution is 2.22. The average molecular weight is 351 g/mol. The molecule has 0 bridgehead atoms. The molecule has 0 spiro atoms. The Morgan fingerprint density at radius 3 is 2.87 bits per heavy atom. The molecule has 0 radical (unpaired) electrons. The average Bonchev–Trinajstić information content (AvgIpc) is 2.55. The van der Waals surface area contributed by atoms with E-state index in [1.807, 2.05) is 19.1 Å². The van der Waals surface area contributed by atoms with Gasteiger partial charge in [-0.25, -0.2) is 0 Å². The van der Waals surface area contributed by atoms with Crippen molar-refractivity contribution >= 4 is 29.9 Å².